The molecule has 3 aromatic heterocycles. The fourth-order valence-corrected chi connectivity index (χ4v) is 15.2. The summed E-state index contributed by atoms with van der Waals surface area (Å²) >= 11 is 0. The molecule has 0 saturated carbocycles. The van der Waals surface area contributed by atoms with Crippen LogP contribution in [0.25, 0.3) is 11.3 Å². The second-order valence-electron chi connectivity index (χ2n) is 19.1. The van der Waals surface area contributed by atoms with Crippen molar-refractivity contribution >= 4 is 31.8 Å². The van der Waals surface area contributed by atoms with E-state index in [1.165, 1.54) is 6.42 Å². The maximum Gasteiger partial charge on any atom is 0.320 e. The van der Waals surface area contributed by atoms with E-state index in [1.54, 1.807) is 4.68 Å². The van der Waals surface area contributed by atoms with E-state index in [4.69, 9.17) is 19.0 Å². The number of fused-ring (bicyclic) bond motifs is 2. The van der Waals surface area contributed by atoms with E-state index in [-0.39, 0.29) is 36.8 Å². The lowest BCUT2D eigenvalue weighted by molar-refractivity contribution is 0.171. The van der Waals surface area contributed by atoms with Crippen molar-refractivity contribution in [2.75, 3.05) is 30.0 Å². The first-order chi connectivity index (χ1) is 29.6. The van der Waals surface area contributed by atoms with Crippen molar-refractivity contribution in [1.82, 2.24) is 29.7 Å². The number of anilines is 2. The second-order valence-corrected chi connectivity index (χ2v) is 24.6. The van der Waals surface area contributed by atoms with Gasteiger partial charge in [0, 0.05) is 35.7 Å². The number of aliphatic hydroxyl groups excluding tert-OH is 1. The van der Waals surface area contributed by atoms with Gasteiger partial charge in [-0.1, -0.05) is 92.6 Å². The molecule has 334 valence electrons. The van der Waals surface area contributed by atoms with Gasteiger partial charge in [0.1, 0.15) is 30.0 Å². The number of ether oxygens (including phenoxy) is 2. The van der Waals surface area contributed by atoms with Gasteiger partial charge in [-0.25, -0.2) is 9.48 Å². The molecule has 1 aliphatic carbocycles. The normalized spacial score (nSPS) is 18.4. The molecule has 2 amide bonds. The quantitative estimate of drug-likeness (QED) is 0.0878. The molecule has 0 bridgehead atoms. The molecule has 2 aliphatic rings. The molecule has 0 radical (unpaired) electrons. The lowest BCUT2D eigenvalue weighted by atomic mass is 9.85. The van der Waals surface area contributed by atoms with E-state index < -0.39 is 8.32 Å². The van der Waals surface area contributed by atoms with Crippen LogP contribution in [0, 0.1) is 0 Å². The molecular weight excluding hydrogens is 797 g/mol. The van der Waals surface area contributed by atoms with E-state index in [2.05, 4.69) is 107 Å². The van der Waals surface area contributed by atoms with Gasteiger partial charge in [0.15, 0.2) is 5.65 Å². The van der Waals surface area contributed by atoms with E-state index >= 15 is 0 Å². The van der Waals surface area contributed by atoms with Crippen LogP contribution >= 0.6 is 0 Å². The van der Waals surface area contributed by atoms with E-state index in [0.29, 0.717) is 53.7 Å². The average molecular weight is 865 g/mol. The molecule has 7 rings (SSSR count). The number of pyridine rings is 1. The summed E-state index contributed by atoms with van der Waals surface area (Å²) < 4.78 is 23.6. The second kappa shape index (κ2) is 18.8. The number of amides is 2. The summed E-state index contributed by atoms with van der Waals surface area (Å²) in [6.45, 7) is 23.6. The number of hydrogen-bond donors (Lipinski definition) is 3. The van der Waals surface area contributed by atoms with Gasteiger partial charge >= 0.3 is 6.03 Å². The van der Waals surface area contributed by atoms with E-state index in [0.717, 1.165) is 64.8 Å². The van der Waals surface area contributed by atoms with Gasteiger partial charge in [-0.15, -0.1) is 10.2 Å². The van der Waals surface area contributed by atoms with Gasteiger partial charge in [-0.2, -0.15) is 5.10 Å². The smallest absolute Gasteiger partial charge is 0.320 e. The summed E-state index contributed by atoms with van der Waals surface area (Å²) in [5.74, 6) is 2.75. The minimum absolute atomic E-state index is 0.120. The van der Waals surface area contributed by atoms with Crippen molar-refractivity contribution in [3.8, 4) is 17.2 Å². The Hall–Kier alpha value is -4.92. The predicted molar refractivity (Wildman–Crippen MR) is 248 cm³/mol. The highest BCUT2D eigenvalue weighted by molar-refractivity contribution is 6.77. The predicted octanol–water partition coefficient (Wildman–Crippen LogP) is 10.4. The summed E-state index contributed by atoms with van der Waals surface area (Å²) in [6.07, 6.45) is 6.74. The number of nitrogens with zero attached hydrogens (tertiary/aromatic N) is 6. The Morgan fingerprint density at radius 3 is 2.35 bits per heavy atom. The first-order valence-electron chi connectivity index (χ1n) is 22.7. The number of carbonyl (C=O) groups excluding carboxylic acids is 1. The monoisotopic (exact) mass is 865 g/mol. The standard InChI is InChI=1S/C48H68N8O5Si/c1-31(2)62(32(3)4,33(5)6)60-30-35-18-19-36(27-42(35)59-26-25-57)56-45(28-43(53-56)48(8,9)10)50-46(58)49-40-21-22-41(39-17-12-11-16-38(39)40)61-37-20-23-44-51-52-47(55(44)29-37)54-24-14-13-15-34(54)7/h11-12,16-20,23,27-29,31-34,40-41,57H,13-15,21-22,24-26,30H2,1-10H3,(H2,49,50,58)/t34-,40-,41+/m0/s1. The molecule has 13 nitrogen and oxygen atoms in total. The number of nitrogens with one attached hydrogen (secondary N) is 2. The Morgan fingerprint density at radius 2 is 1.66 bits per heavy atom. The zero-order valence-corrected chi connectivity index (χ0v) is 39.4. The third-order valence-corrected chi connectivity index (χ3v) is 19.0. The van der Waals surface area contributed by atoms with Gasteiger partial charge in [-0.3, -0.25) is 9.72 Å². The summed E-state index contributed by atoms with van der Waals surface area (Å²) in [4.78, 5) is 16.4. The first kappa shape index (κ1) is 45.1. The number of carbonyl (C=O) groups is 1. The van der Waals surface area contributed by atoms with Crippen molar-refractivity contribution in [3.63, 3.8) is 0 Å². The molecule has 14 heteroatoms. The van der Waals surface area contributed by atoms with Gasteiger partial charge < -0.3 is 29.2 Å². The lowest BCUT2D eigenvalue weighted by Crippen LogP contribution is -2.47. The number of aliphatic hydroxyl groups is 1. The molecule has 1 fully saturated rings. The van der Waals surface area contributed by atoms with Gasteiger partial charge in [0.2, 0.25) is 14.3 Å². The number of hydrogen-bond acceptors (Lipinski definition) is 9. The van der Waals surface area contributed by atoms with Crippen LogP contribution in [0.2, 0.25) is 16.6 Å². The Bertz CT molecular complexity index is 2290. The largest absolute Gasteiger partial charge is 0.491 e. The highest BCUT2D eigenvalue weighted by Crippen LogP contribution is 2.44. The number of benzene rings is 2. The van der Waals surface area contributed by atoms with Crippen LogP contribution in [-0.4, -0.2) is 69.6 Å². The van der Waals surface area contributed by atoms with Crippen molar-refractivity contribution < 1.29 is 23.8 Å². The van der Waals surface area contributed by atoms with Crippen LogP contribution in [-0.2, 0) is 16.4 Å². The molecule has 2 aromatic carbocycles. The lowest BCUT2D eigenvalue weighted by Gasteiger charge is -2.42. The Labute approximate surface area is 368 Å². The minimum Gasteiger partial charge on any atom is -0.491 e. The van der Waals surface area contributed by atoms with Crippen LogP contribution < -0.4 is 25.0 Å². The first-order valence-corrected chi connectivity index (χ1v) is 24.8. The zero-order chi connectivity index (χ0) is 44.3. The summed E-state index contributed by atoms with van der Waals surface area (Å²) in [5.41, 5.74) is 6.33. The number of urea groups is 1. The summed E-state index contributed by atoms with van der Waals surface area (Å²) in [5, 5.41) is 30.2. The summed E-state index contributed by atoms with van der Waals surface area (Å²) in [7, 11) is -2.16. The van der Waals surface area contributed by atoms with Crippen molar-refractivity contribution in [2.45, 2.75) is 148 Å². The number of rotatable bonds is 15. The van der Waals surface area contributed by atoms with Crippen molar-refractivity contribution in [2.24, 2.45) is 0 Å². The third kappa shape index (κ3) is 9.37. The fourth-order valence-electron chi connectivity index (χ4n) is 9.84. The molecule has 1 aliphatic heterocycles. The van der Waals surface area contributed by atoms with Gasteiger partial charge in [0.25, 0.3) is 0 Å². The van der Waals surface area contributed by atoms with Crippen molar-refractivity contribution in [3.05, 3.63) is 89.2 Å². The van der Waals surface area contributed by atoms with Crippen LogP contribution in [0.3, 0.4) is 0 Å². The Kier molecular flexibility index (Phi) is 13.7. The third-order valence-electron chi connectivity index (χ3n) is 13.0. The molecule has 0 spiro atoms. The molecular formula is C48H68N8O5Si. The molecule has 62 heavy (non-hydrogen) atoms. The van der Waals surface area contributed by atoms with Gasteiger partial charge in [-0.05, 0) is 85.0 Å². The van der Waals surface area contributed by atoms with Crippen LogP contribution in [0.4, 0.5) is 16.6 Å². The Balaban J connectivity index is 1.10. The summed E-state index contributed by atoms with van der Waals surface area (Å²) in [6, 6.07) is 19.8. The topological polar surface area (TPSA) is 140 Å². The zero-order valence-electron chi connectivity index (χ0n) is 38.4. The maximum absolute atomic E-state index is 14.0. The SMILES string of the molecule is CC(C)[Si](OCc1ccc(-n2nc(C(C)(C)C)cc2NC(=O)N[C@H]2CC[C@@H](Oc3ccc4nnc(N5CCCC[C@@H]5C)n4c3)c3ccccc32)cc1OCCO)(C(C)C)C(C)C. The van der Waals surface area contributed by atoms with Crippen LogP contribution in [0.1, 0.15) is 136 Å². The molecule has 3 N–H and O–H groups in total. The van der Waals surface area contributed by atoms with Gasteiger partial charge in [0.05, 0.1) is 36.8 Å². The molecule has 5 aromatic rings. The minimum atomic E-state index is -2.16. The molecule has 0 unspecified atom stereocenters. The molecule has 1 saturated heterocycles. The fraction of sp³-hybridized carbons (Fsp3) is 0.542. The average Bonchev–Trinajstić information content (AvgIpc) is 3.86. The molecule has 3 atom stereocenters. The highest BCUT2D eigenvalue weighted by Gasteiger charge is 2.45. The van der Waals surface area contributed by atoms with Crippen LogP contribution in [0.5, 0.6) is 11.5 Å². The van der Waals surface area contributed by atoms with Crippen LogP contribution in [0.15, 0.2) is 66.9 Å². The van der Waals surface area contributed by atoms with Crippen molar-refractivity contribution in [1.29, 1.82) is 0 Å². The number of aromatic nitrogens is 5. The number of piperidine rings is 1. The molecule has 4 heterocycles. The van der Waals surface area contributed by atoms with E-state index in [9.17, 15) is 9.90 Å². The van der Waals surface area contributed by atoms with E-state index in [1.807, 2.05) is 59.1 Å². The Morgan fingerprint density at radius 1 is 0.919 bits per heavy atom. The highest BCUT2D eigenvalue weighted by atomic mass is 28.4. The maximum atomic E-state index is 14.0.